The summed E-state index contributed by atoms with van der Waals surface area (Å²) in [5.74, 6) is -0.844. The fourth-order valence-corrected chi connectivity index (χ4v) is 4.31. The first-order valence-electron chi connectivity index (χ1n) is 6.53. The average molecular weight is 461 g/mol. The second-order valence-electron chi connectivity index (χ2n) is 4.68. The van der Waals surface area contributed by atoms with Crippen molar-refractivity contribution >= 4 is 49.9 Å². The van der Waals surface area contributed by atoms with E-state index in [1.54, 1.807) is 18.2 Å². The number of carbonyl (C=O) groups is 1. The van der Waals surface area contributed by atoms with Crippen molar-refractivity contribution in [2.45, 2.75) is 4.90 Å². The zero-order valence-corrected chi connectivity index (χ0v) is 15.1. The Balaban J connectivity index is 2.60. The standard InChI is InChI=1S/C14H12IN3O5S/c15-12-6-1-2-7-13(12)17(9-14(16)19)24(22,23)11-5-3-4-10(8-11)18(20)21/h1-8H,9H2,(H2,16,19). The van der Waals surface area contributed by atoms with Crippen LogP contribution in [0.4, 0.5) is 11.4 Å². The van der Waals surface area contributed by atoms with Crippen LogP contribution in [0.3, 0.4) is 0 Å². The number of benzene rings is 2. The van der Waals surface area contributed by atoms with E-state index in [9.17, 15) is 23.3 Å². The van der Waals surface area contributed by atoms with Crippen LogP contribution in [0.5, 0.6) is 0 Å². The van der Waals surface area contributed by atoms with Gasteiger partial charge < -0.3 is 5.73 Å². The fraction of sp³-hybridized carbons (Fsp3) is 0.0714. The van der Waals surface area contributed by atoms with Crippen LogP contribution >= 0.6 is 22.6 Å². The van der Waals surface area contributed by atoms with Crippen LogP contribution < -0.4 is 10.0 Å². The second-order valence-corrected chi connectivity index (χ2v) is 7.71. The van der Waals surface area contributed by atoms with Gasteiger partial charge in [0.05, 0.1) is 15.5 Å². The SMILES string of the molecule is NC(=O)CN(c1ccccc1I)S(=O)(=O)c1cccc([N+](=O)[O-])c1. The third-order valence-electron chi connectivity index (χ3n) is 3.04. The molecule has 2 N–H and O–H groups in total. The molecule has 0 atom stereocenters. The molecule has 0 aliphatic rings. The molecule has 0 aliphatic heterocycles. The molecule has 2 aromatic carbocycles. The lowest BCUT2D eigenvalue weighted by Crippen LogP contribution is -2.39. The van der Waals surface area contributed by atoms with Gasteiger partial charge >= 0.3 is 0 Å². The molecule has 0 heterocycles. The van der Waals surface area contributed by atoms with Gasteiger partial charge in [0, 0.05) is 15.7 Å². The summed E-state index contributed by atoms with van der Waals surface area (Å²) in [6.07, 6.45) is 0. The number of rotatable bonds is 6. The van der Waals surface area contributed by atoms with Gasteiger partial charge in [-0.1, -0.05) is 18.2 Å². The van der Waals surface area contributed by atoms with Crippen molar-refractivity contribution in [3.8, 4) is 0 Å². The Labute approximate surface area is 151 Å². The molecule has 0 saturated heterocycles. The summed E-state index contributed by atoms with van der Waals surface area (Å²) in [4.78, 5) is 21.2. The van der Waals surface area contributed by atoms with E-state index in [2.05, 4.69) is 0 Å². The number of sulfonamides is 1. The van der Waals surface area contributed by atoms with Crippen molar-refractivity contribution in [1.29, 1.82) is 0 Å². The molecule has 2 rings (SSSR count). The van der Waals surface area contributed by atoms with Crippen molar-refractivity contribution in [2.75, 3.05) is 10.8 Å². The molecule has 24 heavy (non-hydrogen) atoms. The second kappa shape index (κ2) is 7.13. The number of halogens is 1. The molecule has 0 saturated carbocycles. The van der Waals surface area contributed by atoms with E-state index < -0.39 is 27.4 Å². The summed E-state index contributed by atoms with van der Waals surface area (Å²) >= 11 is 1.93. The van der Waals surface area contributed by atoms with Crippen molar-refractivity contribution < 1.29 is 18.1 Å². The number of carbonyl (C=O) groups excluding carboxylic acids is 1. The predicted molar refractivity (Wildman–Crippen MR) is 96.0 cm³/mol. The summed E-state index contributed by atoms with van der Waals surface area (Å²) in [6, 6.07) is 11.2. The average Bonchev–Trinajstić information content (AvgIpc) is 2.53. The number of anilines is 1. The number of hydrogen-bond acceptors (Lipinski definition) is 5. The van der Waals surface area contributed by atoms with E-state index >= 15 is 0 Å². The lowest BCUT2D eigenvalue weighted by Gasteiger charge is -2.24. The van der Waals surface area contributed by atoms with Gasteiger partial charge in [-0.25, -0.2) is 8.42 Å². The molecule has 0 bridgehead atoms. The number of primary amides is 1. The number of non-ortho nitro benzene ring substituents is 1. The quantitative estimate of drug-likeness (QED) is 0.400. The zero-order valence-electron chi connectivity index (χ0n) is 12.1. The van der Waals surface area contributed by atoms with Crippen LogP contribution in [0.2, 0.25) is 0 Å². The summed E-state index contributed by atoms with van der Waals surface area (Å²) < 4.78 is 27.2. The molecule has 8 nitrogen and oxygen atoms in total. The molecule has 2 aromatic rings. The molecular weight excluding hydrogens is 449 g/mol. The molecule has 0 radical (unpaired) electrons. The maximum absolute atomic E-state index is 12.9. The Morgan fingerprint density at radius 2 is 1.88 bits per heavy atom. The summed E-state index contributed by atoms with van der Waals surface area (Å²) in [6.45, 7) is -0.578. The number of nitrogens with two attached hydrogens (primary N) is 1. The Morgan fingerprint density at radius 1 is 1.21 bits per heavy atom. The van der Waals surface area contributed by atoms with Crippen molar-refractivity contribution in [2.24, 2.45) is 5.73 Å². The zero-order chi connectivity index (χ0) is 17.9. The normalized spacial score (nSPS) is 11.0. The summed E-state index contributed by atoms with van der Waals surface area (Å²) in [5.41, 5.74) is 5.08. The third kappa shape index (κ3) is 3.82. The van der Waals surface area contributed by atoms with Gasteiger partial charge in [-0.15, -0.1) is 0 Å². The molecule has 0 aromatic heterocycles. The predicted octanol–water partition coefficient (Wildman–Crippen LogP) is 1.88. The number of nitro groups is 1. The van der Waals surface area contributed by atoms with E-state index in [4.69, 9.17) is 5.73 Å². The molecule has 10 heteroatoms. The van der Waals surface area contributed by atoms with Gasteiger partial charge in [-0.2, -0.15) is 0 Å². The minimum absolute atomic E-state index is 0.267. The van der Waals surface area contributed by atoms with Gasteiger partial charge in [0.1, 0.15) is 6.54 Å². The number of nitro benzene ring substituents is 1. The van der Waals surface area contributed by atoms with Crippen LogP contribution in [0.25, 0.3) is 0 Å². The van der Waals surface area contributed by atoms with Crippen molar-refractivity contribution in [3.05, 3.63) is 62.2 Å². The summed E-state index contributed by atoms with van der Waals surface area (Å²) in [5, 5.41) is 10.9. The van der Waals surface area contributed by atoms with Crippen molar-refractivity contribution in [3.63, 3.8) is 0 Å². The smallest absolute Gasteiger partial charge is 0.270 e. The molecule has 0 aliphatic carbocycles. The van der Waals surface area contributed by atoms with Crippen LogP contribution in [-0.2, 0) is 14.8 Å². The first kappa shape index (κ1) is 18.1. The monoisotopic (exact) mass is 461 g/mol. The van der Waals surface area contributed by atoms with E-state index in [1.165, 1.54) is 24.3 Å². The lowest BCUT2D eigenvalue weighted by atomic mass is 10.3. The molecule has 1 amide bonds. The van der Waals surface area contributed by atoms with Gasteiger partial charge in [-0.05, 0) is 40.8 Å². The fourth-order valence-electron chi connectivity index (χ4n) is 1.98. The largest absolute Gasteiger partial charge is 0.368 e. The van der Waals surface area contributed by atoms with Gasteiger partial charge in [0.2, 0.25) is 5.91 Å². The van der Waals surface area contributed by atoms with Crippen LogP contribution in [0.1, 0.15) is 0 Å². The maximum Gasteiger partial charge on any atom is 0.270 e. The highest BCUT2D eigenvalue weighted by Crippen LogP contribution is 2.29. The molecular formula is C14H12IN3O5S. The highest BCUT2D eigenvalue weighted by atomic mass is 127. The van der Waals surface area contributed by atoms with E-state index in [0.717, 1.165) is 10.4 Å². The van der Waals surface area contributed by atoms with E-state index in [1.807, 2.05) is 22.6 Å². The van der Waals surface area contributed by atoms with Gasteiger partial charge in [-0.3, -0.25) is 19.2 Å². The van der Waals surface area contributed by atoms with Crippen LogP contribution in [0.15, 0.2) is 53.4 Å². The topological polar surface area (TPSA) is 124 Å². The molecule has 0 fully saturated rings. The molecule has 126 valence electrons. The van der Waals surface area contributed by atoms with Crippen LogP contribution in [0, 0.1) is 13.7 Å². The maximum atomic E-state index is 12.9. The lowest BCUT2D eigenvalue weighted by molar-refractivity contribution is -0.385. The Kier molecular flexibility index (Phi) is 5.39. The first-order chi connectivity index (χ1) is 11.2. The van der Waals surface area contributed by atoms with E-state index in [0.29, 0.717) is 3.57 Å². The summed E-state index contributed by atoms with van der Waals surface area (Å²) in [7, 11) is -4.20. The number of nitrogens with zero attached hydrogens (tertiary/aromatic N) is 2. The van der Waals surface area contributed by atoms with Gasteiger partial charge in [0.25, 0.3) is 15.7 Å². The number of para-hydroxylation sites is 1. The highest BCUT2D eigenvalue weighted by molar-refractivity contribution is 14.1. The Morgan fingerprint density at radius 3 is 2.46 bits per heavy atom. The van der Waals surface area contributed by atoms with Gasteiger partial charge in [0.15, 0.2) is 0 Å². The van der Waals surface area contributed by atoms with E-state index in [-0.39, 0.29) is 16.3 Å². The third-order valence-corrected chi connectivity index (χ3v) is 5.70. The Hall–Kier alpha value is -2.21. The first-order valence-corrected chi connectivity index (χ1v) is 9.05. The number of amides is 1. The minimum atomic E-state index is -4.20. The molecule has 0 spiro atoms. The highest BCUT2D eigenvalue weighted by Gasteiger charge is 2.29. The van der Waals surface area contributed by atoms with Crippen molar-refractivity contribution in [1.82, 2.24) is 0 Å². The van der Waals surface area contributed by atoms with Crippen LogP contribution in [-0.4, -0.2) is 25.8 Å². The molecule has 0 unspecified atom stereocenters. The number of hydrogen-bond donors (Lipinski definition) is 1. The Bertz CT molecular complexity index is 901. The minimum Gasteiger partial charge on any atom is -0.368 e.